The molecule has 27 heavy (non-hydrogen) atoms. The van der Waals surface area contributed by atoms with Gasteiger partial charge in [-0.05, 0) is 44.2 Å². The molecule has 2 aromatic rings. The Morgan fingerprint density at radius 1 is 1.26 bits per heavy atom. The van der Waals surface area contributed by atoms with Crippen molar-refractivity contribution >= 4 is 16.7 Å². The predicted octanol–water partition coefficient (Wildman–Crippen LogP) is 2.41. The number of amides is 1. The van der Waals surface area contributed by atoms with Crippen LogP contribution in [0.4, 0.5) is 0 Å². The number of hydrogen-bond acceptors (Lipinski definition) is 4. The van der Waals surface area contributed by atoms with Crippen LogP contribution in [0.25, 0.3) is 10.8 Å². The maximum absolute atomic E-state index is 13.5. The molecular weight excluding hydrogens is 340 g/mol. The summed E-state index contributed by atoms with van der Waals surface area (Å²) in [6.07, 6.45) is 4.39. The second kappa shape index (κ2) is 7.43. The summed E-state index contributed by atoms with van der Waals surface area (Å²) in [5.41, 5.74) is 0.294. The van der Waals surface area contributed by atoms with Gasteiger partial charge in [0.25, 0.3) is 11.5 Å². The van der Waals surface area contributed by atoms with Crippen LogP contribution in [-0.2, 0) is 6.54 Å². The van der Waals surface area contributed by atoms with Crippen molar-refractivity contribution < 1.29 is 4.79 Å². The van der Waals surface area contributed by atoms with E-state index in [1.165, 1.54) is 4.68 Å². The van der Waals surface area contributed by atoms with E-state index in [2.05, 4.69) is 10.4 Å². The van der Waals surface area contributed by atoms with Gasteiger partial charge in [0.2, 0.25) is 0 Å². The molecule has 1 atom stereocenters. The highest BCUT2D eigenvalue weighted by Crippen LogP contribution is 2.30. The zero-order valence-electron chi connectivity index (χ0n) is 16.1. The number of fused-ring (bicyclic) bond motifs is 1. The molecule has 0 spiro atoms. The quantitative estimate of drug-likeness (QED) is 0.850. The zero-order chi connectivity index (χ0) is 19.0. The zero-order valence-corrected chi connectivity index (χ0v) is 16.1. The van der Waals surface area contributed by atoms with Gasteiger partial charge in [0.1, 0.15) is 0 Å². The fourth-order valence-electron chi connectivity index (χ4n) is 3.93. The van der Waals surface area contributed by atoms with E-state index < -0.39 is 0 Å². The van der Waals surface area contributed by atoms with Crippen molar-refractivity contribution in [2.45, 2.75) is 58.2 Å². The molecule has 2 fully saturated rings. The number of hydrogen-bond donors (Lipinski definition) is 1. The third kappa shape index (κ3) is 3.76. The molecule has 6 heteroatoms. The minimum absolute atomic E-state index is 0.0418. The molecule has 1 amide bonds. The molecule has 1 aromatic carbocycles. The van der Waals surface area contributed by atoms with Gasteiger partial charge in [0.05, 0.1) is 5.39 Å². The van der Waals surface area contributed by atoms with Gasteiger partial charge in [-0.25, -0.2) is 4.68 Å². The molecule has 1 N–H and O–H groups in total. The molecule has 2 aliphatic rings. The molecule has 1 aliphatic carbocycles. The molecule has 6 nitrogen and oxygen atoms in total. The van der Waals surface area contributed by atoms with E-state index in [4.69, 9.17) is 0 Å². The minimum atomic E-state index is -0.119. The summed E-state index contributed by atoms with van der Waals surface area (Å²) in [7, 11) is 0. The first-order valence-electron chi connectivity index (χ1n) is 10.1. The van der Waals surface area contributed by atoms with E-state index >= 15 is 0 Å². The third-order valence-electron chi connectivity index (χ3n) is 5.44. The number of carbonyl (C=O) groups excluding carboxylic acids is 1. The minimum Gasteiger partial charge on any atom is -0.333 e. The van der Waals surface area contributed by atoms with Gasteiger partial charge in [-0.2, -0.15) is 5.10 Å². The van der Waals surface area contributed by atoms with E-state index in [0.29, 0.717) is 35.1 Å². The van der Waals surface area contributed by atoms with Gasteiger partial charge < -0.3 is 10.2 Å². The van der Waals surface area contributed by atoms with Gasteiger partial charge >= 0.3 is 0 Å². The van der Waals surface area contributed by atoms with Crippen LogP contribution in [0, 0.1) is 5.92 Å². The normalized spacial score (nSPS) is 19.7. The topological polar surface area (TPSA) is 67.2 Å². The van der Waals surface area contributed by atoms with Crippen molar-refractivity contribution in [2.24, 2.45) is 5.92 Å². The Hall–Kier alpha value is -2.21. The third-order valence-corrected chi connectivity index (χ3v) is 5.44. The summed E-state index contributed by atoms with van der Waals surface area (Å²) in [6, 6.07) is 8.03. The van der Waals surface area contributed by atoms with E-state index in [1.54, 1.807) is 6.07 Å². The summed E-state index contributed by atoms with van der Waals surface area (Å²) in [4.78, 5) is 28.3. The fourth-order valence-corrected chi connectivity index (χ4v) is 3.93. The van der Waals surface area contributed by atoms with E-state index in [-0.39, 0.29) is 17.4 Å². The standard InChI is InChI=1S/C21H28N4O2/c1-14(2)12-25-20(26)18-8-4-3-7-17(18)19(23-25)21(27)24(16-9-10-16)13-15-6-5-11-22-15/h3-4,7-8,14-16,22H,5-6,9-13H2,1-2H3. The maximum atomic E-state index is 13.5. The second-order valence-corrected chi connectivity index (χ2v) is 8.26. The summed E-state index contributed by atoms with van der Waals surface area (Å²) in [5.74, 6) is 0.237. The lowest BCUT2D eigenvalue weighted by Gasteiger charge is -2.26. The Kier molecular flexibility index (Phi) is 5.00. The van der Waals surface area contributed by atoms with Crippen molar-refractivity contribution in [3.8, 4) is 0 Å². The Labute approximate surface area is 159 Å². The largest absolute Gasteiger partial charge is 0.333 e. The molecule has 144 valence electrons. The second-order valence-electron chi connectivity index (χ2n) is 8.26. The van der Waals surface area contributed by atoms with Gasteiger partial charge in [0, 0.05) is 30.6 Å². The van der Waals surface area contributed by atoms with E-state index in [1.807, 2.05) is 36.9 Å². The van der Waals surface area contributed by atoms with Crippen LogP contribution in [-0.4, -0.2) is 45.8 Å². The molecule has 2 heterocycles. The molecule has 1 saturated carbocycles. The lowest BCUT2D eigenvalue weighted by molar-refractivity contribution is 0.0722. The van der Waals surface area contributed by atoms with Gasteiger partial charge in [-0.15, -0.1) is 0 Å². The van der Waals surface area contributed by atoms with Gasteiger partial charge in [-0.1, -0.05) is 32.0 Å². The molecule has 0 bridgehead atoms. The van der Waals surface area contributed by atoms with Crippen LogP contribution in [0.2, 0.25) is 0 Å². The van der Waals surface area contributed by atoms with Gasteiger partial charge in [-0.3, -0.25) is 9.59 Å². The maximum Gasteiger partial charge on any atom is 0.275 e. The summed E-state index contributed by atoms with van der Waals surface area (Å²) < 4.78 is 1.47. The van der Waals surface area contributed by atoms with E-state index in [0.717, 1.165) is 38.8 Å². The Balaban J connectivity index is 1.75. The molecule has 0 radical (unpaired) electrons. The van der Waals surface area contributed by atoms with Crippen LogP contribution in [0.5, 0.6) is 0 Å². The number of benzene rings is 1. The summed E-state index contributed by atoms with van der Waals surface area (Å²) in [6.45, 7) is 6.36. The predicted molar refractivity (Wildman–Crippen MR) is 106 cm³/mol. The van der Waals surface area contributed by atoms with Crippen molar-refractivity contribution in [2.75, 3.05) is 13.1 Å². The van der Waals surface area contributed by atoms with Crippen LogP contribution < -0.4 is 10.9 Å². The average molecular weight is 368 g/mol. The number of nitrogens with zero attached hydrogens (tertiary/aromatic N) is 3. The van der Waals surface area contributed by atoms with Crippen molar-refractivity contribution in [1.82, 2.24) is 20.0 Å². The monoisotopic (exact) mass is 368 g/mol. The van der Waals surface area contributed by atoms with Crippen LogP contribution in [0.1, 0.15) is 50.0 Å². The first kappa shape index (κ1) is 18.2. The van der Waals surface area contributed by atoms with E-state index in [9.17, 15) is 9.59 Å². The highest BCUT2D eigenvalue weighted by Gasteiger charge is 2.36. The Morgan fingerprint density at radius 2 is 2.00 bits per heavy atom. The highest BCUT2D eigenvalue weighted by molar-refractivity contribution is 6.05. The van der Waals surface area contributed by atoms with Crippen LogP contribution in [0.3, 0.4) is 0 Å². The summed E-state index contributed by atoms with van der Waals surface area (Å²) >= 11 is 0. The molecular formula is C21H28N4O2. The fraction of sp³-hybridized carbons (Fsp3) is 0.571. The smallest absolute Gasteiger partial charge is 0.275 e. The van der Waals surface area contributed by atoms with Gasteiger partial charge in [0.15, 0.2) is 5.69 Å². The number of aromatic nitrogens is 2. The molecule has 1 saturated heterocycles. The lowest BCUT2D eigenvalue weighted by Crippen LogP contribution is -2.43. The Morgan fingerprint density at radius 3 is 2.63 bits per heavy atom. The van der Waals surface area contributed by atoms with Crippen molar-refractivity contribution in [3.05, 3.63) is 40.3 Å². The molecule has 1 aromatic heterocycles. The Bertz CT molecular complexity index is 895. The van der Waals surface area contributed by atoms with Crippen molar-refractivity contribution in [1.29, 1.82) is 0 Å². The number of nitrogens with one attached hydrogen (secondary N) is 1. The van der Waals surface area contributed by atoms with Crippen LogP contribution in [0.15, 0.2) is 29.1 Å². The molecule has 4 rings (SSSR count). The lowest BCUT2D eigenvalue weighted by atomic mass is 10.1. The molecule has 1 aliphatic heterocycles. The highest BCUT2D eigenvalue weighted by atomic mass is 16.2. The SMILES string of the molecule is CC(C)Cn1nc(C(=O)N(CC2CCCN2)C2CC2)c2ccccc2c1=O. The first-order valence-corrected chi connectivity index (χ1v) is 10.1. The van der Waals surface area contributed by atoms with Crippen molar-refractivity contribution in [3.63, 3.8) is 0 Å². The number of rotatable bonds is 6. The van der Waals surface area contributed by atoms with Crippen LogP contribution >= 0.6 is 0 Å². The number of carbonyl (C=O) groups is 1. The summed E-state index contributed by atoms with van der Waals surface area (Å²) in [5, 5.41) is 9.27. The first-order chi connectivity index (χ1) is 13.0. The average Bonchev–Trinajstić information content (AvgIpc) is 3.37. The molecule has 1 unspecified atom stereocenters.